The molecule has 2 N–H and O–H groups in total. The smallest absolute Gasteiger partial charge is 0.268 e. The van der Waals surface area contributed by atoms with E-state index in [1.165, 1.54) is 6.07 Å². The summed E-state index contributed by atoms with van der Waals surface area (Å²) in [4.78, 5) is 12.2. The lowest BCUT2D eigenvalue weighted by Crippen LogP contribution is -2.21. The number of carbonyl (C=O) groups excluding carboxylic acids is 1. The minimum Gasteiger partial charge on any atom is -0.312 e. The van der Waals surface area contributed by atoms with Gasteiger partial charge in [-0.1, -0.05) is 48.5 Å². The molecule has 0 heterocycles. The van der Waals surface area contributed by atoms with E-state index in [0.717, 1.165) is 23.9 Å². The van der Waals surface area contributed by atoms with E-state index >= 15 is 0 Å². The highest BCUT2D eigenvalue weighted by Crippen LogP contribution is 2.27. The first-order valence-corrected chi connectivity index (χ1v) is 8.29. The predicted molar refractivity (Wildman–Crippen MR) is 96.9 cm³/mol. The number of benzene rings is 3. The molecule has 3 aromatic rings. The van der Waals surface area contributed by atoms with E-state index in [0.29, 0.717) is 5.56 Å². The normalized spacial score (nSPS) is 10.3. The number of carbonyl (C=O) groups is 1. The molecular formula is C19H14F2N2OS. The van der Waals surface area contributed by atoms with Crippen LogP contribution in [0.1, 0.15) is 10.4 Å². The summed E-state index contributed by atoms with van der Waals surface area (Å²) in [5.41, 5.74) is 0.896. The molecule has 0 aliphatic carbocycles. The first-order chi connectivity index (χ1) is 12.2. The third kappa shape index (κ3) is 3.97. The summed E-state index contributed by atoms with van der Waals surface area (Å²) in [6.07, 6.45) is 0. The molecule has 0 saturated heterocycles. The van der Waals surface area contributed by atoms with Crippen LogP contribution in [0.15, 0.2) is 72.8 Å². The van der Waals surface area contributed by atoms with Gasteiger partial charge in [0.15, 0.2) is 0 Å². The molecule has 0 radical (unpaired) electrons. The molecule has 3 aromatic carbocycles. The molecule has 0 atom stereocenters. The zero-order valence-corrected chi connectivity index (χ0v) is 13.8. The summed E-state index contributed by atoms with van der Waals surface area (Å²) in [5.74, 6) is -2.64. The maximum atomic E-state index is 14.7. The van der Waals surface area contributed by atoms with Gasteiger partial charge in [-0.05, 0) is 29.8 Å². The molecule has 3 nitrogen and oxygen atoms in total. The van der Waals surface area contributed by atoms with Crippen LogP contribution >= 0.6 is 12.1 Å². The first-order valence-electron chi connectivity index (χ1n) is 7.47. The molecule has 0 aliphatic heterocycles. The molecule has 1 amide bonds. The van der Waals surface area contributed by atoms with Crippen molar-refractivity contribution in [2.75, 3.05) is 4.72 Å². The Bertz CT molecular complexity index is 873. The topological polar surface area (TPSA) is 41.1 Å². The molecule has 0 spiro atoms. The first kappa shape index (κ1) is 17.0. The van der Waals surface area contributed by atoms with Gasteiger partial charge in [0.25, 0.3) is 5.91 Å². The number of rotatable bonds is 5. The molecule has 25 heavy (non-hydrogen) atoms. The fraction of sp³-hybridized carbons (Fsp3) is 0. The molecule has 6 heteroatoms. The number of hydrogen-bond donors (Lipinski definition) is 2. The molecular weight excluding hydrogens is 342 g/mol. The summed E-state index contributed by atoms with van der Waals surface area (Å²) < 4.78 is 34.0. The van der Waals surface area contributed by atoms with Gasteiger partial charge in [0.05, 0.1) is 12.1 Å². The Labute approximate surface area is 148 Å². The highest BCUT2D eigenvalue weighted by molar-refractivity contribution is 7.99. The second kappa shape index (κ2) is 7.81. The van der Waals surface area contributed by atoms with Gasteiger partial charge >= 0.3 is 0 Å². The summed E-state index contributed by atoms with van der Waals surface area (Å²) >= 11 is 0.845. The van der Waals surface area contributed by atoms with Crippen molar-refractivity contribution in [3.8, 4) is 11.1 Å². The van der Waals surface area contributed by atoms with Gasteiger partial charge in [0.2, 0.25) is 0 Å². The van der Waals surface area contributed by atoms with Crippen molar-refractivity contribution in [3.05, 3.63) is 90.0 Å². The van der Waals surface area contributed by atoms with Crippen molar-refractivity contribution < 1.29 is 13.6 Å². The van der Waals surface area contributed by atoms with Gasteiger partial charge in [-0.15, -0.1) is 0 Å². The Morgan fingerprint density at radius 3 is 2.16 bits per heavy atom. The van der Waals surface area contributed by atoms with Crippen molar-refractivity contribution in [2.24, 2.45) is 0 Å². The SMILES string of the molecule is O=C(NSNc1ccccc1)c1c(F)ccc(-c2ccccc2)c1F. The lowest BCUT2D eigenvalue weighted by atomic mass is 10.0. The van der Waals surface area contributed by atoms with Crippen molar-refractivity contribution in [2.45, 2.75) is 0 Å². The van der Waals surface area contributed by atoms with Crippen LogP contribution in [0, 0.1) is 11.6 Å². The van der Waals surface area contributed by atoms with Crippen LogP contribution < -0.4 is 9.44 Å². The molecule has 3 rings (SSSR count). The highest BCUT2D eigenvalue weighted by Gasteiger charge is 2.21. The van der Waals surface area contributed by atoms with E-state index in [1.54, 1.807) is 42.5 Å². The lowest BCUT2D eigenvalue weighted by molar-refractivity contribution is 0.0976. The maximum Gasteiger partial charge on any atom is 0.268 e. The van der Waals surface area contributed by atoms with Gasteiger partial charge < -0.3 is 4.72 Å². The van der Waals surface area contributed by atoms with Crippen LogP contribution in [-0.4, -0.2) is 5.91 Å². The van der Waals surface area contributed by atoms with Crippen LogP contribution in [0.25, 0.3) is 11.1 Å². The molecule has 0 saturated carbocycles. The second-order valence-electron chi connectivity index (χ2n) is 5.15. The maximum absolute atomic E-state index is 14.7. The van der Waals surface area contributed by atoms with Crippen LogP contribution in [0.3, 0.4) is 0 Å². The number of halogens is 2. The molecule has 0 aromatic heterocycles. The van der Waals surface area contributed by atoms with Crippen molar-refractivity contribution >= 4 is 23.7 Å². The Hall–Kier alpha value is -2.86. The quantitative estimate of drug-likeness (QED) is 0.630. The summed E-state index contributed by atoms with van der Waals surface area (Å²) in [5, 5.41) is 0. The molecule has 126 valence electrons. The van der Waals surface area contributed by atoms with Crippen LogP contribution in [0.4, 0.5) is 14.5 Å². The number of para-hydroxylation sites is 1. The van der Waals surface area contributed by atoms with Crippen molar-refractivity contribution in [3.63, 3.8) is 0 Å². The van der Waals surface area contributed by atoms with E-state index in [-0.39, 0.29) is 5.56 Å². The zero-order valence-electron chi connectivity index (χ0n) is 13.0. The molecule has 0 unspecified atom stereocenters. The predicted octanol–water partition coefficient (Wildman–Crippen LogP) is 5.04. The standard InChI is InChI=1S/C19H14F2N2OS/c20-16-12-11-15(13-7-3-1-4-8-13)18(21)17(16)19(24)23-25-22-14-9-5-2-6-10-14/h1-12,22H,(H,23,24). The van der Waals surface area contributed by atoms with E-state index in [1.807, 2.05) is 18.2 Å². The second-order valence-corrected chi connectivity index (χ2v) is 5.76. The van der Waals surface area contributed by atoms with E-state index in [4.69, 9.17) is 0 Å². The average Bonchev–Trinajstić information content (AvgIpc) is 2.63. The Morgan fingerprint density at radius 2 is 1.48 bits per heavy atom. The van der Waals surface area contributed by atoms with Crippen LogP contribution in [0.2, 0.25) is 0 Å². The minimum atomic E-state index is -0.907. The fourth-order valence-electron chi connectivity index (χ4n) is 2.29. The Morgan fingerprint density at radius 1 is 0.840 bits per heavy atom. The fourth-order valence-corrected chi connectivity index (χ4v) is 2.79. The zero-order chi connectivity index (χ0) is 17.6. The molecule has 0 bridgehead atoms. The largest absolute Gasteiger partial charge is 0.312 e. The number of amides is 1. The monoisotopic (exact) mass is 356 g/mol. The lowest BCUT2D eigenvalue weighted by Gasteiger charge is -2.10. The van der Waals surface area contributed by atoms with Crippen molar-refractivity contribution in [1.29, 1.82) is 0 Å². The third-order valence-corrected chi connectivity index (χ3v) is 4.11. The van der Waals surface area contributed by atoms with E-state index in [2.05, 4.69) is 9.44 Å². The Balaban J connectivity index is 1.78. The molecule has 0 aliphatic rings. The van der Waals surface area contributed by atoms with Crippen molar-refractivity contribution in [1.82, 2.24) is 4.72 Å². The highest BCUT2D eigenvalue weighted by atomic mass is 32.2. The third-order valence-electron chi connectivity index (χ3n) is 3.49. The average molecular weight is 356 g/mol. The minimum absolute atomic E-state index is 0.174. The summed E-state index contributed by atoms with van der Waals surface area (Å²) in [6.45, 7) is 0. The Kier molecular flexibility index (Phi) is 5.30. The van der Waals surface area contributed by atoms with Gasteiger partial charge in [0.1, 0.15) is 17.2 Å². The van der Waals surface area contributed by atoms with Gasteiger partial charge in [-0.3, -0.25) is 9.52 Å². The van der Waals surface area contributed by atoms with Gasteiger partial charge in [-0.25, -0.2) is 8.78 Å². The number of hydrogen-bond acceptors (Lipinski definition) is 3. The van der Waals surface area contributed by atoms with E-state index in [9.17, 15) is 13.6 Å². The van der Waals surface area contributed by atoms with E-state index < -0.39 is 23.1 Å². The number of nitrogens with one attached hydrogen (secondary N) is 2. The molecule has 0 fully saturated rings. The summed E-state index contributed by atoms with van der Waals surface area (Å²) in [6, 6.07) is 20.2. The van der Waals surface area contributed by atoms with Crippen LogP contribution in [0.5, 0.6) is 0 Å². The van der Waals surface area contributed by atoms with Gasteiger partial charge in [0, 0.05) is 11.3 Å². The van der Waals surface area contributed by atoms with Gasteiger partial charge in [-0.2, -0.15) is 0 Å². The van der Waals surface area contributed by atoms with Crippen LogP contribution in [-0.2, 0) is 0 Å². The summed E-state index contributed by atoms with van der Waals surface area (Å²) in [7, 11) is 0. The number of anilines is 1.